The SMILES string of the molecule is Cn1cc(C=CC(=O)NCCCN2CCC(O)CC2)c2ccccc21. The number of likely N-dealkylation sites (tertiary alicyclic amines) is 1. The molecular weight excluding hydrogens is 314 g/mol. The number of carbonyl (C=O) groups excluding carboxylic acids is 1. The average Bonchev–Trinajstić information content (AvgIpc) is 2.95. The van der Waals surface area contributed by atoms with Gasteiger partial charge >= 0.3 is 0 Å². The lowest BCUT2D eigenvalue weighted by molar-refractivity contribution is -0.116. The van der Waals surface area contributed by atoms with Gasteiger partial charge in [0.2, 0.25) is 5.91 Å². The molecule has 1 amide bonds. The van der Waals surface area contributed by atoms with E-state index in [2.05, 4.69) is 26.9 Å². The highest BCUT2D eigenvalue weighted by Gasteiger charge is 2.15. The molecule has 0 spiro atoms. The lowest BCUT2D eigenvalue weighted by Crippen LogP contribution is -2.37. The van der Waals surface area contributed by atoms with Crippen LogP contribution in [0.25, 0.3) is 17.0 Å². The molecule has 1 aromatic heterocycles. The van der Waals surface area contributed by atoms with E-state index in [0.29, 0.717) is 6.54 Å². The van der Waals surface area contributed by atoms with E-state index < -0.39 is 0 Å². The number of para-hydroxylation sites is 1. The largest absolute Gasteiger partial charge is 0.393 e. The molecule has 2 heterocycles. The van der Waals surface area contributed by atoms with Crippen molar-refractivity contribution in [1.29, 1.82) is 0 Å². The van der Waals surface area contributed by atoms with Crippen LogP contribution in [0.2, 0.25) is 0 Å². The van der Waals surface area contributed by atoms with Crippen molar-refractivity contribution < 1.29 is 9.90 Å². The van der Waals surface area contributed by atoms with Crippen LogP contribution in [0.5, 0.6) is 0 Å². The fourth-order valence-corrected chi connectivity index (χ4v) is 3.39. The first-order valence-corrected chi connectivity index (χ1v) is 9.04. The predicted molar refractivity (Wildman–Crippen MR) is 101 cm³/mol. The Labute approximate surface area is 148 Å². The number of nitrogens with zero attached hydrogens (tertiary/aromatic N) is 2. The number of amides is 1. The summed E-state index contributed by atoms with van der Waals surface area (Å²) in [5.41, 5.74) is 2.22. The van der Waals surface area contributed by atoms with Gasteiger partial charge in [-0.15, -0.1) is 0 Å². The van der Waals surface area contributed by atoms with E-state index in [1.165, 1.54) is 0 Å². The molecule has 1 saturated heterocycles. The number of carbonyl (C=O) groups is 1. The van der Waals surface area contributed by atoms with Crippen LogP contribution in [0.4, 0.5) is 0 Å². The molecule has 2 N–H and O–H groups in total. The molecule has 1 aliphatic rings. The fraction of sp³-hybridized carbons (Fsp3) is 0.450. The topological polar surface area (TPSA) is 57.5 Å². The molecule has 0 radical (unpaired) electrons. The number of aromatic nitrogens is 1. The molecule has 0 atom stereocenters. The van der Waals surface area contributed by atoms with Crippen LogP contribution in [0.1, 0.15) is 24.8 Å². The highest BCUT2D eigenvalue weighted by atomic mass is 16.3. The number of aryl methyl sites for hydroxylation is 1. The zero-order valence-corrected chi connectivity index (χ0v) is 14.8. The van der Waals surface area contributed by atoms with Crippen molar-refractivity contribution in [2.24, 2.45) is 7.05 Å². The van der Waals surface area contributed by atoms with E-state index in [0.717, 1.165) is 55.4 Å². The van der Waals surface area contributed by atoms with Crippen molar-refractivity contribution in [3.05, 3.63) is 42.1 Å². The quantitative estimate of drug-likeness (QED) is 0.625. The van der Waals surface area contributed by atoms with Crippen LogP contribution in [0.15, 0.2) is 36.5 Å². The maximum atomic E-state index is 12.0. The smallest absolute Gasteiger partial charge is 0.244 e. The molecule has 0 bridgehead atoms. The molecule has 1 aromatic carbocycles. The Morgan fingerprint density at radius 3 is 2.88 bits per heavy atom. The number of aliphatic hydroxyl groups excluding tert-OH is 1. The highest BCUT2D eigenvalue weighted by molar-refractivity contribution is 5.96. The van der Waals surface area contributed by atoms with Gasteiger partial charge in [0.1, 0.15) is 0 Å². The van der Waals surface area contributed by atoms with Crippen molar-refractivity contribution in [3.8, 4) is 0 Å². The second-order valence-corrected chi connectivity index (χ2v) is 6.76. The molecule has 5 heteroatoms. The summed E-state index contributed by atoms with van der Waals surface area (Å²) in [6.07, 6.45) is 8.06. The van der Waals surface area contributed by atoms with Gasteiger partial charge in [-0.2, -0.15) is 0 Å². The molecule has 2 aromatic rings. The zero-order chi connectivity index (χ0) is 17.6. The van der Waals surface area contributed by atoms with E-state index in [1.807, 2.05) is 31.5 Å². The number of aliphatic hydroxyl groups is 1. The summed E-state index contributed by atoms with van der Waals surface area (Å²) in [6, 6.07) is 8.18. The first-order valence-electron chi connectivity index (χ1n) is 9.04. The maximum Gasteiger partial charge on any atom is 0.244 e. The molecule has 1 aliphatic heterocycles. The number of fused-ring (bicyclic) bond motifs is 1. The second-order valence-electron chi connectivity index (χ2n) is 6.76. The van der Waals surface area contributed by atoms with Crippen LogP contribution in [0.3, 0.4) is 0 Å². The molecule has 3 rings (SSSR count). The van der Waals surface area contributed by atoms with Crippen LogP contribution in [-0.4, -0.2) is 52.8 Å². The Bertz CT molecular complexity index is 742. The van der Waals surface area contributed by atoms with Crippen molar-refractivity contribution in [1.82, 2.24) is 14.8 Å². The van der Waals surface area contributed by atoms with E-state index in [9.17, 15) is 9.90 Å². The van der Waals surface area contributed by atoms with Gasteiger partial charge in [-0.25, -0.2) is 0 Å². The van der Waals surface area contributed by atoms with Gasteiger partial charge < -0.3 is 19.9 Å². The fourth-order valence-electron chi connectivity index (χ4n) is 3.39. The van der Waals surface area contributed by atoms with Crippen molar-refractivity contribution in [3.63, 3.8) is 0 Å². The Morgan fingerprint density at radius 2 is 2.08 bits per heavy atom. The first kappa shape index (κ1) is 17.7. The molecule has 25 heavy (non-hydrogen) atoms. The first-order chi connectivity index (χ1) is 12.1. The Balaban J connectivity index is 1.43. The second kappa shape index (κ2) is 8.32. The minimum absolute atomic E-state index is 0.0537. The lowest BCUT2D eigenvalue weighted by atomic mass is 10.1. The number of nitrogens with one attached hydrogen (secondary N) is 1. The van der Waals surface area contributed by atoms with Gasteiger partial charge in [-0.1, -0.05) is 18.2 Å². The lowest BCUT2D eigenvalue weighted by Gasteiger charge is -2.29. The molecule has 1 fully saturated rings. The minimum atomic E-state index is -0.129. The summed E-state index contributed by atoms with van der Waals surface area (Å²) in [7, 11) is 2.01. The monoisotopic (exact) mass is 341 g/mol. The Hall–Kier alpha value is -2.11. The number of benzene rings is 1. The third-order valence-electron chi connectivity index (χ3n) is 4.85. The molecule has 0 unspecified atom stereocenters. The van der Waals surface area contributed by atoms with E-state index in [1.54, 1.807) is 6.08 Å². The van der Waals surface area contributed by atoms with E-state index >= 15 is 0 Å². The Morgan fingerprint density at radius 1 is 1.32 bits per heavy atom. The third-order valence-corrected chi connectivity index (χ3v) is 4.85. The summed E-state index contributed by atoms with van der Waals surface area (Å²) in [6.45, 7) is 3.56. The number of rotatable bonds is 6. The van der Waals surface area contributed by atoms with Crippen molar-refractivity contribution >= 4 is 22.9 Å². The number of hydrogen-bond donors (Lipinski definition) is 2. The van der Waals surface area contributed by atoms with Gasteiger partial charge in [0.15, 0.2) is 0 Å². The molecule has 5 nitrogen and oxygen atoms in total. The summed E-state index contributed by atoms with van der Waals surface area (Å²) < 4.78 is 2.07. The minimum Gasteiger partial charge on any atom is -0.393 e. The number of piperidine rings is 1. The van der Waals surface area contributed by atoms with Crippen molar-refractivity contribution in [2.45, 2.75) is 25.4 Å². The molecule has 0 saturated carbocycles. The van der Waals surface area contributed by atoms with Gasteiger partial charge in [0.25, 0.3) is 0 Å². The predicted octanol–water partition coefficient (Wildman–Crippen LogP) is 2.15. The van der Waals surface area contributed by atoms with Gasteiger partial charge in [-0.3, -0.25) is 4.79 Å². The summed E-state index contributed by atoms with van der Waals surface area (Å²) >= 11 is 0. The average molecular weight is 341 g/mol. The maximum absolute atomic E-state index is 12.0. The molecule has 0 aliphatic carbocycles. The normalized spacial score (nSPS) is 16.7. The third kappa shape index (κ3) is 4.71. The van der Waals surface area contributed by atoms with Gasteiger partial charge in [0.05, 0.1) is 6.10 Å². The number of hydrogen-bond acceptors (Lipinski definition) is 3. The van der Waals surface area contributed by atoms with Gasteiger partial charge in [-0.05, 0) is 37.9 Å². The van der Waals surface area contributed by atoms with Crippen LogP contribution in [0, 0.1) is 0 Å². The summed E-state index contributed by atoms with van der Waals surface area (Å²) in [5.74, 6) is -0.0537. The summed E-state index contributed by atoms with van der Waals surface area (Å²) in [4.78, 5) is 14.4. The highest BCUT2D eigenvalue weighted by Crippen LogP contribution is 2.21. The van der Waals surface area contributed by atoms with E-state index in [-0.39, 0.29) is 12.0 Å². The summed E-state index contributed by atoms with van der Waals surface area (Å²) in [5, 5.41) is 13.6. The van der Waals surface area contributed by atoms with Crippen LogP contribution in [-0.2, 0) is 11.8 Å². The van der Waals surface area contributed by atoms with Crippen molar-refractivity contribution in [2.75, 3.05) is 26.2 Å². The van der Waals surface area contributed by atoms with Crippen LogP contribution >= 0.6 is 0 Å². The molecular formula is C20H27N3O2. The molecule has 134 valence electrons. The van der Waals surface area contributed by atoms with Crippen LogP contribution < -0.4 is 5.32 Å². The van der Waals surface area contributed by atoms with Gasteiger partial charge in [0, 0.05) is 55.4 Å². The standard InChI is InChI=1S/C20H27N3O2/c1-22-15-16(18-5-2-3-6-19(18)22)7-8-20(25)21-11-4-12-23-13-9-17(24)10-14-23/h2-3,5-8,15,17,24H,4,9-14H2,1H3,(H,21,25). The van der Waals surface area contributed by atoms with E-state index in [4.69, 9.17) is 0 Å². The Kier molecular flexibility index (Phi) is 5.89. The zero-order valence-electron chi connectivity index (χ0n) is 14.8.